The van der Waals surface area contributed by atoms with E-state index in [0.29, 0.717) is 13.0 Å². The summed E-state index contributed by atoms with van der Waals surface area (Å²) < 4.78 is 22.8. The van der Waals surface area contributed by atoms with Gasteiger partial charge in [0.25, 0.3) is 0 Å². The number of aliphatic hydroxyl groups is 4. The lowest BCUT2D eigenvalue weighted by atomic mass is 9.99. The van der Waals surface area contributed by atoms with Crippen LogP contribution in [0.15, 0.2) is 24.3 Å². The van der Waals surface area contributed by atoms with Gasteiger partial charge in [0.05, 0.1) is 19.8 Å². The molecule has 0 aromatic heterocycles. The average Bonchev–Trinajstić information content (AvgIpc) is 3.16. The molecule has 9 nitrogen and oxygen atoms in total. The zero-order chi connectivity index (χ0) is 38.6. The Bertz CT molecular complexity index is 864. The zero-order valence-corrected chi connectivity index (χ0v) is 34.0. The van der Waals surface area contributed by atoms with Gasteiger partial charge in [-0.3, -0.25) is 4.79 Å². The number of allylic oxidation sites excluding steroid dienone is 4. The quantitative estimate of drug-likeness (QED) is 0.0278. The molecule has 6 atom stereocenters. The van der Waals surface area contributed by atoms with Crippen LogP contribution in [0, 0.1) is 0 Å². The van der Waals surface area contributed by atoms with Crippen LogP contribution in [0.5, 0.6) is 0 Å². The fourth-order valence-corrected chi connectivity index (χ4v) is 6.60. The maximum absolute atomic E-state index is 12.7. The van der Waals surface area contributed by atoms with Gasteiger partial charge in [-0.1, -0.05) is 141 Å². The van der Waals surface area contributed by atoms with Gasteiger partial charge in [0, 0.05) is 13.0 Å². The van der Waals surface area contributed by atoms with Crippen molar-refractivity contribution in [3.8, 4) is 0 Å². The number of unbranched alkanes of at least 4 members (excludes halogenated alkanes) is 22. The summed E-state index contributed by atoms with van der Waals surface area (Å²) in [6.07, 6.45) is 33.4. The number of ether oxygens (including phenoxy) is 4. The van der Waals surface area contributed by atoms with E-state index >= 15 is 0 Å². The van der Waals surface area contributed by atoms with Crippen molar-refractivity contribution in [2.75, 3.05) is 26.4 Å². The fraction of sp³-hybridized carbons (Fsp3) is 0.886. The molecule has 1 aliphatic heterocycles. The molecule has 4 N–H and O–H groups in total. The molecule has 1 saturated heterocycles. The van der Waals surface area contributed by atoms with Gasteiger partial charge in [-0.15, -0.1) is 0 Å². The number of aliphatic hydroxyl groups excluding tert-OH is 4. The van der Waals surface area contributed by atoms with Crippen molar-refractivity contribution in [3.05, 3.63) is 24.3 Å². The van der Waals surface area contributed by atoms with Crippen LogP contribution < -0.4 is 0 Å². The summed E-state index contributed by atoms with van der Waals surface area (Å²) in [5.74, 6) is -0.324. The van der Waals surface area contributed by atoms with Crippen molar-refractivity contribution in [2.24, 2.45) is 0 Å². The molecule has 0 aliphatic carbocycles. The lowest BCUT2D eigenvalue weighted by molar-refractivity contribution is -0.305. The van der Waals surface area contributed by atoms with Crippen LogP contribution in [-0.4, -0.2) is 89.6 Å². The van der Waals surface area contributed by atoms with Crippen molar-refractivity contribution in [1.29, 1.82) is 0 Å². The molecule has 53 heavy (non-hydrogen) atoms. The van der Waals surface area contributed by atoms with Crippen molar-refractivity contribution >= 4 is 5.97 Å². The number of hydrogen-bond acceptors (Lipinski definition) is 9. The first-order chi connectivity index (χ1) is 25.9. The number of hydrogen-bond donors (Lipinski definition) is 4. The monoisotopic (exact) mass is 755 g/mol. The smallest absolute Gasteiger partial charge is 0.306 e. The first-order valence-corrected chi connectivity index (χ1v) is 21.9. The van der Waals surface area contributed by atoms with Crippen molar-refractivity contribution in [1.82, 2.24) is 0 Å². The molecule has 1 fully saturated rings. The average molecular weight is 755 g/mol. The third-order valence-electron chi connectivity index (χ3n) is 10.1. The van der Waals surface area contributed by atoms with E-state index in [2.05, 4.69) is 38.2 Å². The van der Waals surface area contributed by atoms with E-state index in [9.17, 15) is 25.2 Å². The molecule has 0 bridgehead atoms. The molecule has 1 heterocycles. The number of esters is 1. The van der Waals surface area contributed by atoms with Gasteiger partial charge >= 0.3 is 5.97 Å². The van der Waals surface area contributed by atoms with Crippen LogP contribution in [-0.2, 0) is 23.7 Å². The Morgan fingerprint density at radius 1 is 0.585 bits per heavy atom. The van der Waals surface area contributed by atoms with E-state index in [0.717, 1.165) is 44.9 Å². The summed E-state index contributed by atoms with van der Waals surface area (Å²) in [5, 5.41) is 40.0. The van der Waals surface area contributed by atoms with Crippen LogP contribution in [0.1, 0.15) is 187 Å². The van der Waals surface area contributed by atoms with E-state index in [1.165, 1.54) is 122 Å². The highest BCUT2D eigenvalue weighted by Crippen LogP contribution is 2.22. The Morgan fingerprint density at radius 3 is 1.57 bits per heavy atom. The Labute approximate surface area is 324 Å². The van der Waals surface area contributed by atoms with Gasteiger partial charge < -0.3 is 39.4 Å². The molecule has 0 spiro atoms. The van der Waals surface area contributed by atoms with Crippen LogP contribution in [0.4, 0.5) is 0 Å². The minimum absolute atomic E-state index is 0.116. The molecule has 1 aliphatic rings. The normalized spacial score (nSPS) is 21.2. The lowest BCUT2D eigenvalue weighted by Crippen LogP contribution is -2.59. The fourth-order valence-electron chi connectivity index (χ4n) is 6.60. The van der Waals surface area contributed by atoms with Gasteiger partial charge in [-0.25, -0.2) is 0 Å². The van der Waals surface area contributed by atoms with Gasteiger partial charge in [0.1, 0.15) is 30.5 Å². The van der Waals surface area contributed by atoms with E-state index in [1.54, 1.807) is 0 Å². The highest BCUT2D eigenvalue weighted by molar-refractivity contribution is 5.69. The Morgan fingerprint density at radius 2 is 1.04 bits per heavy atom. The molecule has 0 saturated carbocycles. The summed E-state index contributed by atoms with van der Waals surface area (Å²) in [7, 11) is 0. The van der Waals surface area contributed by atoms with Crippen LogP contribution >= 0.6 is 0 Å². The van der Waals surface area contributed by atoms with Crippen molar-refractivity contribution in [3.63, 3.8) is 0 Å². The number of carbonyl (C=O) groups excluding carboxylic acids is 1. The predicted octanol–water partition coefficient (Wildman–Crippen LogP) is 9.42. The first-order valence-electron chi connectivity index (χ1n) is 21.9. The second-order valence-corrected chi connectivity index (χ2v) is 15.1. The van der Waals surface area contributed by atoms with E-state index in [4.69, 9.17) is 18.9 Å². The van der Waals surface area contributed by atoms with Gasteiger partial charge in [0.2, 0.25) is 0 Å². The molecule has 0 aromatic carbocycles. The van der Waals surface area contributed by atoms with E-state index < -0.39 is 43.4 Å². The molecular formula is C44H82O9. The van der Waals surface area contributed by atoms with Gasteiger partial charge in [-0.05, 0) is 64.2 Å². The first kappa shape index (κ1) is 49.7. The largest absolute Gasteiger partial charge is 0.457 e. The highest BCUT2D eigenvalue weighted by atomic mass is 16.7. The molecular weight excluding hydrogens is 672 g/mol. The number of rotatable bonds is 37. The maximum Gasteiger partial charge on any atom is 0.306 e. The van der Waals surface area contributed by atoms with Crippen LogP contribution in [0.25, 0.3) is 0 Å². The highest BCUT2D eigenvalue weighted by Gasteiger charge is 2.44. The zero-order valence-electron chi connectivity index (χ0n) is 34.0. The second kappa shape index (κ2) is 36.3. The summed E-state index contributed by atoms with van der Waals surface area (Å²) in [5.41, 5.74) is 0. The minimum atomic E-state index is -1.54. The SMILES string of the molecule is CCCCC/C=C\CCCCCCCC(=O)OC(COCCCCCCCCCC/C=C\CCCCCCCC)COC1OC(CO)C(O)C(O)C1O. The molecule has 0 aromatic rings. The minimum Gasteiger partial charge on any atom is -0.457 e. The summed E-state index contributed by atoms with van der Waals surface area (Å²) in [6, 6.07) is 0. The van der Waals surface area contributed by atoms with Crippen molar-refractivity contribution in [2.45, 2.75) is 224 Å². The standard InChI is InChI=1S/C44H82O9/c1-3-5-7-9-11-13-15-17-18-19-20-21-22-24-26-28-30-32-34-50-36-38(37-51-44-43(49)42(48)41(47)39(35-45)53-44)52-40(46)33-31-29-27-25-23-16-14-12-10-8-6-4-2/h12,14,17-18,38-39,41-45,47-49H,3-11,13,15-16,19-37H2,1-2H3/b14-12-,18-17-. The van der Waals surface area contributed by atoms with Gasteiger partial charge in [0.15, 0.2) is 6.29 Å². The predicted molar refractivity (Wildman–Crippen MR) is 215 cm³/mol. The molecule has 0 radical (unpaired) electrons. The van der Waals surface area contributed by atoms with Crippen molar-refractivity contribution < 1.29 is 44.2 Å². The molecule has 0 amide bonds. The molecule has 1 rings (SSSR count). The molecule has 312 valence electrons. The van der Waals surface area contributed by atoms with Gasteiger partial charge in [-0.2, -0.15) is 0 Å². The molecule has 6 unspecified atom stereocenters. The summed E-state index contributed by atoms with van der Waals surface area (Å²) in [6.45, 7) is 4.52. The second-order valence-electron chi connectivity index (χ2n) is 15.1. The summed E-state index contributed by atoms with van der Waals surface area (Å²) >= 11 is 0. The van der Waals surface area contributed by atoms with E-state index in [1.807, 2.05) is 0 Å². The number of carbonyl (C=O) groups is 1. The summed E-state index contributed by atoms with van der Waals surface area (Å²) in [4.78, 5) is 12.7. The molecule has 9 heteroatoms. The van der Waals surface area contributed by atoms with Crippen LogP contribution in [0.3, 0.4) is 0 Å². The maximum atomic E-state index is 12.7. The Hall–Kier alpha value is -1.33. The Kier molecular flexibility index (Phi) is 34.0. The third-order valence-corrected chi connectivity index (χ3v) is 10.1. The Balaban J connectivity index is 2.26. The lowest BCUT2D eigenvalue weighted by Gasteiger charge is -2.39. The van der Waals surface area contributed by atoms with Crippen LogP contribution in [0.2, 0.25) is 0 Å². The third kappa shape index (κ3) is 27.8. The topological polar surface area (TPSA) is 135 Å². The van der Waals surface area contributed by atoms with E-state index in [-0.39, 0.29) is 19.2 Å².